The standard InChI is InChI=1S/C21H24F4N4O2.C7H12FN/c1-11-4-3-5-29(9-11)19-14-10-31-17(8-16(14)27-20(28-19)30-2)13-6-12(26)7-15(22)18(13)21(23,24)25;8-6-4-7-2-1-3-9(7)5-6/h6-7,11,17H,3-5,8-10,26H2,1-2H3;6-7H,1-5H2. The maximum atomic E-state index is 14.2. The molecule has 0 saturated carbocycles. The van der Waals surface area contributed by atoms with Gasteiger partial charge in [0.25, 0.3) is 0 Å². The van der Waals surface area contributed by atoms with E-state index in [0.717, 1.165) is 50.5 Å². The molecule has 3 fully saturated rings. The summed E-state index contributed by atoms with van der Waals surface area (Å²) in [7, 11) is 1.44. The fraction of sp³-hybridized carbons (Fsp3) is 0.643. The van der Waals surface area contributed by atoms with E-state index >= 15 is 0 Å². The van der Waals surface area contributed by atoms with E-state index in [4.69, 9.17) is 15.2 Å². The summed E-state index contributed by atoms with van der Waals surface area (Å²) in [5, 5.41) is 0. The Balaban J connectivity index is 0.000000301. The molecule has 1 aromatic carbocycles. The fourth-order valence-electron chi connectivity index (χ4n) is 6.39. The maximum absolute atomic E-state index is 14.2. The Bertz CT molecular complexity index is 1200. The van der Waals surface area contributed by atoms with Crippen LogP contribution in [0.1, 0.15) is 67.5 Å². The molecule has 4 unspecified atom stereocenters. The van der Waals surface area contributed by atoms with Gasteiger partial charge in [0, 0.05) is 43.3 Å². The molecule has 4 aliphatic rings. The fourth-order valence-corrected chi connectivity index (χ4v) is 6.39. The Morgan fingerprint density at radius 3 is 2.58 bits per heavy atom. The second-order valence-electron chi connectivity index (χ2n) is 11.2. The van der Waals surface area contributed by atoms with Gasteiger partial charge in [-0.3, -0.25) is 4.90 Å². The van der Waals surface area contributed by atoms with Gasteiger partial charge in [-0.1, -0.05) is 6.92 Å². The van der Waals surface area contributed by atoms with Crippen LogP contribution in [0.2, 0.25) is 0 Å². The lowest BCUT2D eigenvalue weighted by Gasteiger charge is -2.35. The van der Waals surface area contributed by atoms with Crippen LogP contribution in [0, 0.1) is 11.7 Å². The summed E-state index contributed by atoms with van der Waals surface area (Å²) in [5.74, 6) is -0.242. The predicted molar refractivity (Wildman–Crippen MR) is 140 cm³/mol. The molecule has 0 radical (unpaired) electrons. The second-order valence-corrected chi connectivity index (χ2v) is 11.2. The first-order valence-corrected chi connectivity index (χ1v) is 13.9. The highest BCUT2D eigenvalue weighted by Gasteiger charge is 2.41. The molecule has 12 heteroatoms. The number of benzene rings is 1. The molecule has 220 valence electrons. The van der Waals surface area contributed by atoms with Gasteiger partial charge in [0.05, 0.1) is 31.1 Å². The third-order valence-electron chi connectivity index (χ3n) is 8.23. The van der Waals surface area contributed by atoms with E-state index in [1.807, 2.05) is 0 Å². The molecule has 0 spiro atoms. The highest BCUT2D eigenvalue weighted by molar-refractivity contribution is 5.53. The van der Waals surface area contributed by atoms with E-state index in [2.05, 4.69) is 26.7 Å². The summed E-state index contributed by atoms with van der Waals surface area (Å²) in [6, 6.07) is 2.54. The van der Waals surface area contributed by atoms with Crippen LogP contribution in [-0.2, 0) is 23.9 Å². The monoisotopic (exact) mass is 569 g/mol. The zero-order valence-electron chi connectivity index (χ0n) is 22.8. The topological polar surface area (TPSA) is 76.7 Å². The van der Waals surface area contributed by atoms with Gasteiger partial charge < -0.3 is 20.1 Å². The van der Waals surface area contributed by atoms with Gasteiger partial charge in [0.2, 0.25) is 0 Å². The molecule has 4 aliphatic heterocycles. The van der Waals surface area contributed by atoms with Crippen LogP contribution < -0.4 is 15.4 Å². The van der Waals surface area contributed by atoms with Crippen molar-refractivity contribution in [2.24, 2.45) is 5.92 Å². The third kappa shape index (κ3) is 6.12. The Kier molecular flexibility index (Phi) is 8.37. The van der Waals surface area contributed by atoms with Gasteiger partial charge in [-0.15, -0.1) is 0 Å². The quantitative estimate of drug-likeness (QED) is 0.388. The number of ether oxygens (including phenoxy) is 2. The average Bonchev–Trinajstić information content (AvgIpc) is 3.47. The van der Waals surface area contributed by atoms with E-state index in [-0.39, 0.29) is 30.3 Å². The summed E-state index contributed by atoms with van der Waals surface area (Å²) in [6.45, 7) is 5.66. The first-order chi connectivity index (χ1) is 19.0. The number of nitrogen functional groups attached to an aromatic ring is 1. The molecule has 4 atom stereocenters. The number of anilines is 2. The minimum absolute atomic E-state index is 0.0118. The summed E-state index contributed by atoms with van der Waals surface area (Å²) < 4.78 is 78.6. The number of fused-ring (bicyclic) bond motifs is 2. The molecule has 2 aromatic rings. The minimum atomic E-state index is -4.88. The number of rotatable bonds is 3. The van der Waals surface area contributed by atoms with E-state index in [0.29, 0.717) is 36.1 Å². The summed E-state index contributed by atoms with van der Waals surface area (Å²) in [5.41, 5.74) is 5.11. The van der Waals surface area contributed by atoms with Gasteiger partial charge in [0.15, 0.2) is 0 Å². The highest BCUT2D eigenvalue weighted by Crippen LogP contribution is 2.42. The van der Waals surface area contributed by atoms with Crippen LogP contribution in [0.15, 0.2) is 12.1 Å². The third-order valence-corrected chi connectivity index (χ3v) is 8.23. The van der Waals surface area contributed by atoms with Crippen molar-refractivity contribution in [3.05, 3.63) is 40.3 Å². The molecule has 0 bridgehead atoms. The zero-order chi connectivity index (χ0) is 28.6. The van der Waals surface area contributed by atoms with Crippen LogP contribution in [0.5, 0.6) is 6.01 Å². The molecule has 40 heavy (non-hydrogen) atoms. The number of piperidine rings is 1. The van der Waals surface area contributed by atoms with Crippen molar-refractivity contribution in [2.45, 2.75) is 76.5 Å². The first-order valence-electron chi connectivity index (χ1n) is 13.9. The Morgan fingerprint density at radius 2 is 1.88 bits per heavy atom. The Labute approximate surface area is 230 Å². The lowest BCUT2D eigenvalue weighted by atomic mass is 9.93. The summed E-state index contributed by atoms with van der Waals surface area (Å²) in [6.07, 6.45) is -0.946. The van der Waals surface area contributed by atoms with Gasteiger partial charge in [0.1, 0.15) is 17.8 Å². The Morgan fingerprint density at radius 1 is 1.10 bits per heavy atom. The van der Waals surface area contributed by atoms with E-state index in [9.17, 15) is 22.0 Å². The molecule has 0 amide bonds. The number of nitrogens with two attached hydrogens (primary N) is 1. The largest absolute Gasteiger partial charge is 0.467 e. The van der Waals surface area contributed by atoms with Gasteiger partial charge in [-0.25, -0.2) is 8.78 Å². The SMILES string of the molecule is COc1nc2c(c(N3CCCC(C)C3)n1)COC(c1cc(N)cc(F)c1C(F)(F)F)C2.FC1CC2CCCN2C1. The van der Waals surface area contributed by atoms with Crippen molar-refractivity contribution < 1.29 is 31.4 Å². The summed E-state index contributed by atoms with van der Waals surface area (Å²) >= 11 is 0. The van der Waals surface area contributed by atoms with Crippen molar-refractivity contribution in [3.63, 3.8) is 0 Å². The molecule has 0 aliphatic carbocycles. The van der Waals surface area contributed by atoms with Crippen molar-refractivity contribution >= 4 is 11.5 Å². The molecule has 2 N–H and O–H groups in total. The van der Waals surface area contributed by atoms with Crippen LogP contribution in [-0.4, -0.2) is 60.4 Å². The van der Waals surface area contributed by atoms with Crippen LogP contribution in [0.4, 0.5) is 33.5 Å². The van der Waals surface area contributed by atoms with Crippen LogP contribution in [0.3, 0.4) is 0 Å². The van der Waals surface area contributed by atoms with Crippen molar-refractivity contribution in [1.82, 2.24) is 14.9 Å². The van der Waals surface area contributed by atoms with Crippen LogP contribution >= 0.6 is 0 Å². The molecule has 1 aromatic heterocycles. The number of hydrogen-bond acceptors (Lipinski definition) is 7. The molecule has 5 heterocycles. The number of aromatic nitrogens is 2. The maximum Gasteiger partial charge on any atom is 0.419 e. The number of nitrogens with zero attached hydrogens (tertiary/aromatic N) is 4. The smallest absolute Gasteiger partial charge is 0.419 e. The molecular weight excluding hydrogens is 533 g/mol. The van der Waals surface area contributed by atoms with Gasteiger partial charge in [-0.05, 0) is 62.3 Å². The molecule has 6 rings (SSSR count). The number of halogens is 5. The van der Waals surface area contributed by atoms with E-state index in [1.54, 1.807) is 0 Å². The summed E-state index contributed by atoms with van der Waals surface area (Å²) in [4.78, 5) is 13.3. The lowest BCUT2D eigenvalue weighted by Crippen LogP contribution is -2.36. The average molecular weight is 570 g/mol. The van der Waals surface area contributed by atoms with Crippen molar-refractivity contribution in [2.75, 3.05) is 43.9 Å². The predicted octanol–water partition coefficient (Wildman–Crippen LogP) is 5.47. The zero-order valence-corrected chi connectivity index (χ0v) is 22.8. The van der Waals surface area contributed by atoms with Crippen molar-refractivity contribution in [3.8, 4) is 6.01 Å². The second kappa shape index (κ2) is 11.6. The molecule has 3 saturated heterocycles. The first kappa shape index (κ1) is 28.8. The molecular formula is C28H36F5N5O2. The number of hydrogen-bond donors (Lipinski definition) is 1. The lowest BCUT2D eigenvalue weighted by molar-refractivity contribution is -0.142. The van der Waals surface area contributed by atoms with Crippen LogP contribution in [0.25, 0.3) is 0 Å². The van der Waals surface area contributed by atoms with E-state index in [1.165, 1.54) is 20.0 Å². The van der Waals surface area contributed by atoms with Gasteiger partial charge in [-0.2, -0.15) is 23.1 Å². The highest BCUT2D eigenvalue weighted by atomic mass is 19.4. The van der Waals surface area contributed by atoms with Gasteiger partial charge >= 0.3 is 12.2 Å². The van der Waals surface area contributed by atoms with Crippen molar-refractivity contribution in [1.29, 1.82) is 0 Å². The molecule has 7 nitrogen and oxygen atoms in total. The normalized spacial score (nSPS) is 26.6. The minimum Gasteiger partial charge on any atom is -0.467 e. The number of methoxy groups -OCH3 is 1. The van der Waals surface area contributed by atoms with E-state index < -0.39 is 29.8 Å². The number of alkyl halides is 4. The Hall–Kier alpha value is -2.73.